The summed E-state index contributed by atoms with van der Waals surface area (Å²) >= 11 is 1.55. The van der Waals surface area contributed by atoms with E-state index in [2.05, 4.69) is 4.98 Å². The summed E-state index contributed by atoms with van der Waals surface area (Å²) in [6, 6.07) is 5.25. The summed E-state index contributed by atoms with van der Waals surface area (Å²) in [4.78, 5) is 6.15. The number of halogens is 1. The molecule has 0 saturated carbocycles. The smallest absolute Gasteiger partial charge is 0.146 e. The van der Waals surface area contributed by atoms with Crippen LogP contribution in [-0.2, 0) is 13.0 Å². The van der Waals surface area contributed by atoms with E-state index in [4.69, 9.17) is 5.73 Å². The largest absolute Gasteiger partial charge is 0.366 e. The van der Waals surface area contributed by atoms with Gasteiger partial charge in [-0.25, -0.2) is 9.37 Å². The Morgan fingerprint density at radius 3 is 2.90 bits per heavy atom. The van der Waals surface area contributed by atoms with E-state index in [-0.39, 0.29) is 11.9 Å². The summed E-state index contributed by atoms with van der Waals surface area (Å²) in [5.41, 5.74) is 10.3. The van der Waals surface area contributed by atoms with E-state index in [0.29, 0.717) is 18.7 Å². The second-order valence-electron chi connectivity index (χ2n) is 4.96. The average Bonchev–Trinajstić information content (AvgIpc) is 2.91. The van der Waals surface area contributed by atoms with Crippen molar-refractivity contribution in [1.29, 1.82) is 0 Å². The molecule has 0 aliphatic heterocycles. The second-order valence-corrected chi connectivity index (χ2v) is 5.67. The maximum absolute atomic E-state index is 14.2. The van der Waals surface area contributed by atoms with Gasteiger partial charge >= 0.3 is 0 Å². The lowest BCUT2D eigenvalue weighted by Crippen LogP contribution is -2.25. The molecule has 20 heavy (non-hydrogen) atoms. The Morgan fingerprint density at radius 1 is 1.45 bits per heavy atom. The van der Waals surface area contributed by atoms with Gasteiger partial charge < -0.3 is 10.6 Å². The highest BCUT2D eigenvalue weighted by Gasteiger charge is 2.15. The summed E-state index contributed by atoms with van der Waals surface area (Å²) in [5.74, 6) is -0.205. The molecule has 2 rings (SSSR count). The quantitative estimate of drug-likeness (QED) is 0.889. The van der Waals surface area contributed by atoms with Crippen molar-refractivity contribution in [2.45, 2.75) is 32.4 Å². The molecule has 5 heteroatoms. The molecule has 0 amide bonds. The van der Waals surface area contributed by atoms with Crippen LogP contribution >= 0.6 is 11.3 Å². The van der Waals surface area contributed by atoms with E-state index in [0.717, 1.165) is 17.7 Å². The number of para-hydroxylation sites is 1. The zero-order valence-electron chi connectivity index (χ0n) is 11.8. The van der Waals surface area contributed by atoms with E-state index in [9.17, 15) is 4.39 Å². The Bertz CT molecular complexity index is 542. The van der Waals surface area contributed by atoms with Gasteiger partial charge in [0.2, 0.25) is 0 Å². The van der Waals surface area contributed by atoms with Gasteiger partial charge in [0, 0.05) is 18.5 Å². The van der Waals surface area contributed by atoms with Gasteiger partial charge in [-0.2, -0.15) is 0 Å². The SMILES string of the molecule is CCC(N)Cc1cccc(F)c1N(C)Cc1cscn1. The van der Waals surface area contributed by atoms with Crippen molar-refractivity contribution in [3.05, 3.63) is 46.2 Å². The maximum atomic E-state index is 14.2. The molecule has 1 atom stereocenters. The van der Waals surface area contributed by atoms with Crippen LogP contribution < -0.4 is 10.6 Å². The first-order chi connectivity index (χ1) is 9.61. The van der Waals surface area contributed by atoms with Crippen molar-refractivity contribution in [2.75, 3.05) is 11.9 Å². The molecule has 0 fully saturated rings. The molecule has 0 spiro atoms. The van der Waals surface area contributed by atoms with Gasteiger partial charge in [-0.1, -0.05) is 19.1 Å². The van der Waals surface area contributed by atoms with Crippen LogP contribution in [0.4, 0.5) is 10.1 Å². The van der Waals surface area contributed by atoms with Crippen LogP contribution in [0.25, 0.3) is 0 Å². The lowest BCUT2D eigenvalue weighted by Gasteiger charge is -2.23. The number of anilines is 1. The fraction of sp³-hybridized carbons (Fsp3) is 0.400. The normalized spacial score (nSPS) is 12.4. The van der Waals surface area contributed by atoms with Gasteiger partial charge in [0.15, 0.2) is 0 Å². The predicted molar refractivity (Wildman–Crippen MR) is 82.6 cm³/mol. The summed E-state index contributed by atoms with van der Waals surface area (Å²) in [5, 5.41) is 1.98. The second kappa shape index (κ2) is 6.81. The molecule has 1 aromatic heterocycles. The van der Waals surface area contributed by atoms with Crippen molar-refractivity contribution >= 4 is 17.0 Å². The number of nitrogens with two attached hydrogens (primary N) is 1. The van der Waals surface area contributed by atoms with Crippen LogP contribution in [0.15, 0.2) is 29.1 Å². The number of nitrogens with zero attached hydrogens (tertiary/aromatic N) is 2. The molecule has 1 heterocycles. The van der Waals surface area contributed by atoms with E-state index in [1.165, 1.54) is 6.07 Å². The fourth-order valence-electron chi connectivity index (χ4n) is 2.22. The van der Waals surface area contributed by atoms with Gasteiger partial charge in [-0.3, -0.25) is 0 Å². The molecular formula is C15H20FN3S. The lowest BCUT2D eigenvalue weighted by atomic mass is 10.0. The van der Waals surface area contributed by atoms with Crippen molar-refractivity contribution < 1.29 is 4.39 Å². The minimum absolute atomic E-state index is 0.0585. The molecule has 3 nitrogen and oxygen atoms in total. The number of thiazole rings is 1. The Labute approximate surface area is 123 Å². The third kappa shape index (κ3) is 3.55. The number of hydrogen-bond acceptors (Lipinski definition) is 4. The number of rotatable bonds is 6. The predicted octanol–water partition coefficient (Wildman–Crippen LogP) is 3.20. The summed E-state index contributed by atoms with van der Waals surface area (Å²) in [7, 11) is 1.89. The van der Waals surface area contributed by atoms with Crippen LogP contribution in [0.1, 0.15) is 24.6 Å². The molecule has 0 radical (unpaired) electrons. The van der Waals surface area contributed by atoms with Crippen molar-refractivity contribution in [3.8, 4) is 0 Å². The van der Waals surface area contributed by atoms with Crippen LogP contribution in [0.3, 0.4) is 0 Å². The molecule has 1 unspecified atom stereocenters. The molecule has 0 aliphatic carbocycles. The molecule has 108 valence electrons. The van der Waals surface area contributed by atoms with Crippen LogP contribution in [-0.4, -0.2) is 18.1 Å². The van der Waals surface area contributed by atoms with Gasteiger partial charge in [0.1, 0.15) is 5.82 Å². The molecule has 2 aromatic rings. The van der Waals surface area contributed by atoms with Crippen molar-refractivity contribution in [3.63, 3.8) is 0 Å². The summed E-state index contributed by atoms with van der Waals surface area (Å²) in [6.45, 7) is 2.64. The molecule has 0 bridgehead atoms. The zero-order chi connectivity index (χ0) is 14.5. The Kier molecular flexibility index (Phi) is 5.09. The molecule has 2 N–H and O–H groups in total. The van der Waals surface area contributed by atoms with E-state index >= 15 is 0 Å². The third-order valence-electron chi connectivity index (χ3n) is 3.34. The highest BCUT2D eigenvalue weighted by atomic mass is 32.1. The number of benzene rings is 1. The number of hydrogen-bond donors (Lipinski definition) is 1. The Morgan fingerprint density at radius 2 is 2.25 bits per heavy atom. The average molecular weight is 293 g/mol. The van der Waals surface area contributed by atoms with Gasteiger partial charge in [-0.15, -0.1) is 11.3 Å². The molecular weight excluding hydrogens is 273 g/mol. The zero-order valence-corrected chi connectivity index (χ0v) is 12.7. The Balaban J connectivity index is 2.24. The first-order valence-electron chi connectivity index (χ1n) is 6.73. The minimum Gasteiger partial charge on any atom is -0.366 e. The summed E-state index contributed by atoms with van der Waals surface area (Å²) in [6.07, 6.45) is 1.57. The Hall–Kier alpha value is -1.46. The van der Waals surface area contributed by atoms with E-state index in [1.807, 2.05) is 30.3 Å². The van der Waals surface area contributed by atoms with Gasteiger partial charge in [-0.05, 0) is 24.5 Å². The fourth-order valence-corrected chi connectivity index (χ4v) is 2.77. The topological polar surface area (TPSA) is 42.1 Å². The summed E-state index contributed by atoms with van der Waals surface area (Å²) < 4.78 is 14.2. The maximum Gasteiger partial charge on any atom is 0.146 e. The molecule has 1 aromatic carbocycles. The molecule has 0 aliphatic rings. The van der Waals surface area contributed by atoms with E-state index < -0.39 is 0 Å². The highest BCUT2D eigenvalue weighted by Crippen LogP contribution is 2.26. The van der Waals surface area contributed by atoms with Crippen LogP contribution in [0.5, 0.6) is 0 Å². The third-order valence-corrected chi connectivity index (χ3v) is 3.98. The highest BCUT2D eigenvalue weighted by molar-refractivity contribution is 7.07. The van der Waals surface area contributed by atoms with Crippen molar-refractivity contribution in [2.24, 2.45) is 5.73 Å². The number of aromatic nitrogens is 1. The minimum atomic E-state index is -0.205. The van der Waals surface area contributed by atoms with Crippen LogP contribution in [0.2, 0.25) is 0 Å². The van der Waals surface area contributed by atoms with Gasteiger partial charge in [0.05, 0.1) is 23.4 Å². The monoisotopic (exact) mass is 293 g/mol. The van der Waals surface area contributed by atoms with E-state index in [1.54, 1.807) is 22.9 Å². The molecule has 0 saturated heterocycles. The van der Waals surface area contributed by atoms with Crippen molar-refractivity contribution in [1.82, 2.24) is 4.98 Å². The standard InChI is InChI=1S/C15H20FN3S/c1-3-12(17)7-11-5-4-6-14(16)15(11)19(2)8-13-9-20-10-18-13/h4-6,9-10,12H,3,7-8,17H2,1-2H3. The van der Waals surface area contributed by atoms with Crippen LogP contribution in [0, 0.1) is 5.82 Å². The first-order valence-corrected chi connectivity index (χ1v) is 7.67. The van der Waals surface area contributed by atoms with Gasteiger partial charge in [0.25, 0.3) is 0 Å². The first kappa shape index (κ1) is 14.9. The lowest BCUT2D eigenvalue weighted by molar-refractivity contribution is 0.608.